The first-order valence-corrected chi connectivity index (χ1v) is 7.32. The molecule has 2 aromatic rings. The number of hydrogen-bond acceptors (Lipinski definition) is 4. The van der Waals surface area contributed by atoms with Crippen LogP contribution < -0.4 is 10.9 Å². The number of carbonyl (C=O) groups is 1. The number of para-hydroxylation sites is 1. The van der Waals surface area contributed by atoms with Crippen LogP contribution in [0.4, 0.5) is 5.69 Å². The number of H-pyrrole nitrogens is 1. The van der Waals surface area contributed by atoms with E-state index in [2.05, 4.69) is 15.3 Å². The molecular weight excluding hydrogens is 294 g/mol. The van der Waals surface area contributed by atoms with E-state index in [4.69, 9.17) is 0 Å². The molecule has 1 amide bonds. The molecule has 6 nitrogen and oxygen atoms in total. The number of amides is 1. The van der Waals surface area contributed by atoms with E-state index >= 15 is 0 Å². The van der Waals surface area contributed by atoms with Crippen LogP contribution in [0.25, 0.3) is 0 Å². The highest BCUT2D eigenvalue weighted by Gasteiger charge is 2.22. The third kappa shape index (κ3) is 3.41. The van der Waals surface area contributed by atoms with Gasteiger partial charge in [0, 0.05) is 5.41 Å². The van der Waals surface area contributed by atoms with Gasteiger partial charge in [-0.15, -0.1) is 0 Å². The van der Waals surface area contributed by atoms with Crippen LogP contribution in [0.2, 0.25) is 0 Å². The number of carbonyl (C=O) groups excluding carboxylic acids is 1. The summed E-state index contributed by atoms with van der Waals surface area (Å²) in [6, 6.07) is 5.01. The van der Waals surface area contributed by atoms with E-state index in [1.165, 1.54) is 0 Å². The Morgan fingerprint density at radius 2 is 1.91 bits per heavy atom. The van der Waals surface area contributed by atoms with E-state index in [9.17, 15) is 14.7 Å². The second-order valence-corrected chi connectivity index (χ2v) is 6.55. The molecule has 2 rings (SSSR count). The Balaban J connectivity index is 2.41. The normalized spacial score (nSPS) is 11.3. The predicted molar refractivity (Wildman–Crippen MR) is 89.1 cm³/mol. The topological polar surface area (TPSA) is 95.1 Å². The molecule has 0 aliphatic carbocycles. The van der Waals surface area contributed by atoms with Crippen molar-refractivity contribution in [2.45, 2.75) is 40.0 Å². The third-order valence-corrected chi connectivity index (χ3v) is 3.52. The zero-order valence-corrected chi connectivity index (χ0v) is 13.9. The number of rotatable bonds is 2. The van der Waals surface area contributed by atoms with Crippen LogP contribution in [-0.2, 0) is 5.41 Å². The molecule has 0 fully saturated rings. The fourth-order valence-electron chi connectivity index (χ4n) is 2.15. The zero-order chi connectivity index (χ0) is 17.4. The first-order valence-electron chi connectivity index (χ1n) is 7.32. The van der Waals surface area contributed by atoms with Gasteiger partial charge in [-0.1, -0.05) is 32.9 Å². The van der Waals surface area contributed by atoms with Gasteiger partial charge in [0.2, 0.25) is 0 Å². The van der Waals surface area contributed by atoms with Crippen LogP contribution in [0.3, 0.4) is 0 Å². The molecule has 0 radical (unpaired) electrons. The second-order valence-electron chi connectivity index (χ2n) is 6.55. The Labute approximate surface area is 134 Å². The maximum atomic E-state index is 12.4. The van der Waals surface area contributed by atoms with Crippen molar-refractivity contribution >= 4 is 11.6 Å². The second kappa shape index (κ2) is 5.87. The van der Waals surface area contributed by atoms with Gasteiger partial charge >= 0.3 is 0 Å². The number of phenolic OH excluding ortho intramolecular Hbond substituents is 1. The van der Waals surface area contributed by atoms with Crippen LogP contribution in [0.5, 0.6) is 5.75 Å². The summed E-state index contributed by atoms with van der Waals surface area (Å²) in [5.74, 6) is -0.0956. The molecule has 0 aliphatic heterocycles. The third-order valence-electron chi connectivity index (χ3n) is 3.52. The molecule has 0 saturated heterocycles. The van der Waals surface area contributed by atoms with Gasteiger partial charge in [0.25, 0.3) is 11.5 Å². The quantitative estimate of drug-likeness (QED) is 0.742. The monoisotopic (exact) mass is 315 g/mol. The Bertz CT molecular complexity index is 817. The largest absolute Gasteiger partial charge is 0.505 e. The molecule has 0 bridgehead atoms. The molecule has 3 N–H and O–H groups in total. The minimum atomic E-state index is -0.599. The van der Waals surface area contributed by atoms with Crippen molar-refractivity contribution in [3.05, 3.63) is 51.2 Å². The maximum Gasteiger partial charge on any atom is 0.264 e. The number of aryl methyl sites for hydroxylation is 2. The van der Waals surface area contributed by atoms with Gasteiger partial charge in [0.15, 0.2) is 0 Å². The van der Waals surface area contributed by atoms with Crippen molar-refractivity contribution < 1.29 is 9.90 Å². The van der Waals surface area contributed by atoms with Crippen LogP contribution in [0.15, 0.2) is 23.0 Å². The molecule has 0 aliphatic rings. The molecule has 122 valence electrons. The van der Waals surface area contributed by atoms with E-state index < -0.39 is 11.5 Å². The molecule has 23 heavy (non-hydrogen) atoms. The molecule has 0 atom stereocenters. The Morgan fingerprint density at radius 1 is 1.26 bits per heavy atom. The number of hydrogen-bond donors (Lipinski definition) is 3. The van der Waals surface area contributed by atoms with E-state index in [0.717, 1.165) is 0 Å². The smallest absolute Gasteiger partial charge is 0.264 e. The molecule has 0 unspecified atom stereocenters. The van der Waals surface area contributed by atoms with Gasteiger partial charge in [0.1, 0.15) is 17.1 Å². The van der Waals surface area contributed by atoms with Crippen LogP contribution in [-0.4, -0.2) is 21.0 Å². The number of aromatic amines is 1. The summed E-state index contributed by atoms with van der Waals surface area (Å²) in [6.07, 6.45) is 0. The predicted octanol–water partition coefficient (Wildman–Crippen LogP) is 2.64. The molecule has 1 heterocycles. The first kappa shape index (κ1) is 16.7. The number of anilines is 1. The minimum Gasteiger partial charge on any atom is -0.505 e. The van der Waals surface area contributed by atoms with Gasteiger partial charge in [-0.05, 0) is 25.5 Å². The standard InChI is InChI=1S/C17H21N3O3/c1-9-7-6-8-11(13(9)21)19-14(22)12-10(2)18-16(17(3,4)5)20-15(12)23/h6-8,21H,1-5H3,(H,19,22)(H,18,20,23). The first-order chi connectivity index (χ1) is 10.6. The molecule has 1 aromatic heterocycles. The lowest BCUT2D eigenvalue weighted by Gasteiger charge is -2.18. The van der Waals surface area contributed by atoms with E-state index in [1.54, 1.807) is 32.0 Å². The summed E-state index contributed by atoms with van der Waals surface area (Å²) < 4.78 is 0. The van der Waals surface area contributed by atoms with Crippen LogP contribution in [0.1, 0.15) is 48.2 Å². The number of nitrogens with zero attached hydrogens (tertiary/aromatic N) is 1. The fourth-order valence-corrected chi connectivity index (χ4v) is 2.15. The molecular formula is C17H21N3O3. The van der Waals surface area contributed by atoms with Crippen molar-refractivity contribution in [2.24, 2.45) is 0 Å². The summed E-state index contributed by atoms with van der Waals surface area (Å²) >= 11 is 0. The molecule has 1 aromatic carbocycles. The van der Waals surface area contributed by atoms with Gasteiger partial charge in [-0.3, -0.25) is 9.59 Å². The number of aromatic hydroxyl groups is 1. The maximum absolute atomic E-state index is 12.4. The van der Waals surface area contributed by atoms with Crippen molar-refractivity contribution in [3.8, 4) is 5.75 Å². The van der Waals surface area contributed by atoms with Crippen LogP contribution in [0, 0.1) is 13.8 Å². The molecule has 0 saturated carbocycles. The zero-order valence-electron chi connectivity index (χ0n) is 13.9. The lowest BCUT2D eigenvalue weighted by molar-refractivity contribution is 0.102. The Morgan fingerprint density at radius 3 is 2.48 bits per heavy atom. The van der Waals surface area contributed by atoms with Crippen LogP contribution >= 0.6 is 0 Å². The van der Waals surface area contributed by atoms with Crippen molar-refractivity contribution in [2.75, 3.05) is 5.32 Å². The fraction of sp³-hybridized carbons (Fsp3) is 0.353. The molecule has 0 spiro atoms. The summed E-state index contributed by atoms with van der Waals surface area (Å²) in [5, 5.41) is 12.5. The van der Waals surface area contributed by atoms with Crippen molar-refractivity contribution in [1.82, 2.24) is 9.97 Å². The van der Waals surface area contributed by atoms with Gasteiger partial charge in [-0.2, -0.15) is 0 Å². The summed E-state index contributed by atoms with van der Waals surface area (Å²) in [6.45, 7) is 9.12. The highest BCUT2D eigenvalue weighted by atomic mass is 16.3. The summed E-state index contributed by atoms with van der Waals surface area (Å²) in [7, 11) is 0. The lowest BCUT2D eigenvalue weighted by Crippen LogP contribution is -2.30. The average molecular weight is 315 g/mol. The highest BCUT2D eigenvalue weighted by Crippen LogP contribution is 2.27. The Kier molecular flexibility index (Phi) is 4.27. The van der Waals surface area contributed by atoms with E-state index in [1.807, 2.05) is 20.8 Å². The van der Waals surface area contributed by atoms with E-state index in [-0.39, 0.29) is 22.4 Å². The number of aromatic nitrogens is 2. The van der Waals surface area contributed by atoms with E-state index in [0.29, 0.717) is 17.1 Å². The number of benzene rings is 1. The number of nitrogens with one attached hydrogen (secondary N) is 2. The van der Waals surface area contributed by atoms with Gasteiger partial charge < -0.3 is 15.4 Å². The summed E-state index contributed by atoms with van der Waals surface area (Å²) in [4.78, 5) is 31.7. The Hall–Kier alpha value is -2.63. The SMILES string of the molecule is Cc1cccc(NC(=O)c2c(C)nc(C(C)(C)C)[nH]c2=O)c1O. The lowest BCUT2D eigenvalue weighted by atomic mass is 9.95. The van der Waals surface area contributed by atoms with Crippen molar-refractivity contribution in [1.29, 1.82) is 0 Å². The number of phenols is 1. The minimum absolute atomic E-state index is 0.0193. The van der Waals surface area contributed by atoms with Gasteiger partial charge in [0.05, 0.1) is 11.4 Å². The summed E-state index contributed by atoms with van der Waals surface area (Å²) in [5.41, 5.74) is 0.367. The van der Waals surface area contributed by atoms with Crippen molar-refractivity contribution in [3.63, 3.8) is 0 Å². The highest BCUT2D eigenvalue weighted by molar-refractivity contribution is 6.05. The van der Waals surface area contributed by atoms with Gasteiger partial charge in [-0.25, -0.2) is 4.98 Å². The average Bonchev–Trinajstić information content (AvgIpc) is 2.42. The molecule has 6 heteroatoms.